The Labute approximate surface area is 124 Å². The second-order valence-electron chi connectivity index (χ2n) is 5.36. The number of amides is 1. The first-order chi connectivity index (χ1) is 10.3. The van der Waals surface area contributed by atoms with E-state index in [4.69, 9.17) is 0 Å². The summed E-state index contributed by atoms with van der Waals surface area (Å²) in [6, 6.07) is 12.2. The molecule has 1 aromatic heterocycles. The summed E-state index contributed by atoms with van der Waals surface area (Å²) in [7, 11) is 1.83. The predicted molar refractivity (Wildman–Crippen MR) is 83.5 cm³/mol. The van der Waals surface area contributed by atoms with E-state index in [-0.39, 0.29) is 11.9 Å². The van der Waals surface area contributed by atoms with Crippen molar-refractivity contribution < 1.29 is 4.79 Å². The van der Waals surface area contributed by atoms with Crippen LogP contribution in [0.25, 0.3) is 0 Å². The third-order valence-corrected chi connectivity index (χ3v) is 3.96. The van der Waals surface area contributed by atoms with Crippen LogP contribution in [-0.2, 0) is 12.8 Å². The molecule has 1 amide bonds. The summed E-state index contributed by atoms with van der Waals surface area (Å²) >= 11 is 0. The Morgan fingerprint density at radius 2 is 2.05 bits per heavy atom. The number of fused-ring (bicyclic) bond motifs is 1. The largest absolute Gasteiger partial charge is 0.388 e. The van der Waals surface area contributed by atoms with Gasteiger partial charge in [0.15, 0.2) is 0 Å². The van der Waals surface area contributed by atoms with E-state index in [0.29, 0.717) is 5.69 Å². The van der Waals surface area contributed by atoms with Gasteiger partial charge in [-0.1, -0.05) is 24.3 Å². The SMILES string of the molecule is CNc1ccnc(C(=O)NC2CCc3ccccc3C2)c1. The Morgan fingerprint density at radius 3 is 2.86 bits per heavy atom. The molecular formula is C17H19N3O. The van der Waals surface area contributed by atoms with Crippen molar-refractivity contribution in [1.29, 1.82) is 0 Å². The Balaban J connectivity index is 1.68. The molecule has 0 bridgehead atoms. The van der Waals surface area contributed by atoms with Crippen LogP contribution >= 0.6 is 0 Å². The highest BCUT2D eigenvalue weighted by Gasteiger charge is 2.20. The van der Waals surface area contributed by atoms with Crippen molar-refractivity contribution in [1.82, 2.24) is 10.3 Å². The average Bonchev–Trinajstić information content (AvgIpc) is 2.54. The Bertz CT molecular complexity index is 654. The lowest BCUT2D eigenvalue weighted by Crippen LogP contribution is -2.39. The quantitative estimate of drug-likeness (QED) is 0.908. The van der Waals surface area contributed by atoms with Crippen molar-refractivity contribution in [2.24, 2.45) is 0 Å². The molecule has 1 heterocycles. The van der Waals surface area contributed by atoms with E-state index in [1.165, 1.54) is 11.1 Å². The minimum absolute atomic E-state index is 0.100. The Kier molecular flexibility index (Phi) is 3.86. The van der Waals surface area contributed by atoms with Gasteiger partial charge in [-0.3, -0.25) is 9.78 Å². The van der Waals surface area contributed by atoms with Gasteiger partial charge in [0.05, 0.1) is 0 Å². The van der Waals surface area contributed by atoms with Crippen LogP contribution in [0.15, 0.2) is 42.6 Å². The molecule has 21 heavy (non-hydrogen) atoms. The molecule has 0 aliphatic heterocycles. The van der Waals surface area contributed by atoms with Crippen LogP contribution in [0.2, 0.25) is 0 Å². The summed E-state index contributed by atoms with van der Waals surface area (Å²) in [4.78, 5) is 16.4. The predicted octanol–water partition coefficient (Wildman–Crippen LogP) is 2.41. The van der Waals surface area contributed by atoms with Crippen molar-refractivity contribution in [3.8, 4) is 0 Å². The van der Waals surface area contributed by atoms with Gasteiger partial charge in [-0.25, -0.2) is 0 Å². The maximum atomic E-state index is 12.3. The molecule has 3 rings (SSSR count). The minimum atomic E-state index is -0.100. The third kappa shape index (κ3) is 3.05. The van der Waals surface area contributed by atoms with Crippen molar-refractivity contribution in [2.75, 3.05) is 12.4 Å². The van der Waals surface area contributed by atoms with Crippen molar-refractivity contribution in [3.05, 3.63) is 59.4 Å². The number of pyridine rings is 1. The van der Waals surface area contributed by atoms with Crippen molar-refractivity contribution >= 4 is 11.6 Å². The van der Waals surface area contributed by atoms with Crippen LogP contribution in [0, 0.1) is 0 Å². The molecule has 1 atom stereocenters. The molecule has 4 nitrogen and oxygen atoms in total. The van der Waals surface area contributed by atoms with Crippen LogP contribution in [0.1, 0.15) is 28.0 Å². The van der Waals surface area contributed by atoms with E-state index in [1.807, 2.05) is 13.1 Å². The van der Waals surface area contributed by atoms with Crippen LogP contribution in [0.4, 0.5) is 5.69 Å². The van der Waals surface area contributed by atoms with Crippen LogP contribution in [0.3, 0.4) is 0 Å². The molecule has 0 spiro atoms. The lowest BCUT2D eigenvalue weighted by Gasteiger charge is -2.25. The number of benzene rings is 1. The van der Waals surface area contributed by atoms with E-state index < -0.39 is 0 Å². The third-order valence-electron chi connectivity index (χ3n) is 3.96. The number of anilines is 1. The number of aryl methyl sites for hydroxylation is 1. The highest BCUT2D eigenvalue weighted by molar-refractivity contribution is 5.93. The van der Waals surface area contributed by atoms with Crippen LogP contribution in [0.5, 0.6) is 0 Å². The van der Waals surface area contributed by atoms with Crippen molar-refractivity contribution in [2.45, 2.75) is 25.3 Å². The zero-order valence-corrected chi connectivity index (χ0v) is 12.1. The molecule has 1 aliphatic rings. The van der Waals surface area contributed by atoms with E-state index >= 15 is 0 Å². The molecule has 0 saturated carbocycles. The number of rotatable bonds is 3. The van der Waals surface area contributed by atoms with Crippen LogP contribution in [-0.4, -0.2) is 24.0 Å². The van der Waals surface area contributed by atoms with Gasteiger partial charge in [-0.2, -0.15) is 0 Å². The van der Waals surface area contributed by atoms with Gasteiger partial charge in [0.1, 0.15) is 5.69 Å². The molecule has 2 aromatic rings. The van der Waals surface area contributed by atoms with E-state index in [0.717, 1.165) is 24.9 Å². The van der Waals surface area contributed by atoms with Crippen LogP contribution < -0.4 is 10.6 Å². The van der Waals surface area contributed by atoms with Gasteiger partial charge in [0, 0.05) is 25.0 Å². The maximum Gasteiger partial charge on any atom is 0.270 e. The van der Waals surface area contributed by atoms with E-state index in [1.54, 1.807) is 12.3 Å². The summed E-state index contributed by atoms with van der Waals surface area (Å²) in [5.74, 6) is -0.100. The molecule has 0 fully saturated rings. The summed E-state index contributed by atoms with van der Waals surface area (Å²) in [6.45, 7) is 0. The van der Waals surface area contributed by atoms with Gasteiger partial charge in [-0.15, -0.1) is 0 Å². The lowest BCUT2D eigenvalue weighted by atomic mass is 9.88. The molecular weight excluding hydrogens is 262 g/mol. The number of nitrogens with one attached hydrogen (secondary N) is 2. The topological polar surface area (TPSA) is 54.0 Å². The highest BCUT2D eigenvalue weighted by atomic mass is 16.1. The van der Waals surface area contributed by atoms with E-state index in [2.05, 4.69) is 39.9 Å². The summed E-state index contributed by atoms with van der Waals surface area (Å²) in [5.41, 5.74) is 4.09. The zero-order valence-electron chi connectivity index (χ0n) is 12.1. The second kappa shape index (κ2) is 5.95. The first-order valence-electron chi connectivity index (χ1n) is 7.27. The summed E-state index contributed by atoms with van der Waals surface area (Å²) < 4.78 is 0. The monoisotopic (exact) mass is 281 g/mol. The number of aromatic nitrogens is 1. The summed E-state index contributed by atoms with van der Waals surface area (Å²) in [5, 5.41) is 6.12. The fourth-order valence-electron chi connectivity index (χ4n) is 2.79. The number of carbonyl (C=O) groups is 1. The molecule has 0 radical (unpaired) electrons. The molecule has 4 heteroatoms. The first-order valence-corrected chi connectivity index (χ1v) is 7.27. The molecule has 1 unspecified atom stereocenters. The highest BCUT2D eigenvalue weighted by Crippen LogP contribution is 2.21. The standard InChI is InChI=1S/C17H19N3O/c1-18-14-8-9-19-16(11-14)17(21)20-15-7-6-12-4-2-3-5-13(12)10-15/h2-5,8-9,11,15H,6-7,10H2,1H3,(H,18,19)(H,20,21). The van der Waals surface area contributed by atoms with E-state index in [9.17, 15) is 4.79 Å². The van der Waals surface area contributed by atoms with Gasteiger partial charge < -0.3 is 10.6 Å². The Morgan fingerprint density at radius 1 is 1.24 bits per heavy atom. The molecule has 1 aromatic carbocycles. The normalized spacial score (nSPS) is 16.9. The molecule has 1 aliphatic carbocycles. The molecule has 108 valence electrons. The van der Waals surface area contributed by atoms with Crippen molar-refractivity contribution in [3.63, 3.8) is 0 Å². The number of nitrogens with zero attached hydrogens (tertiary/aromatic N) is 1. The fourth-order valence-corrected chi connectivity index (χ4v) is 2.79. The van der Waals surface area contributed by atoms with Gasteiger partial charge in [-0.05, 0) is 42.5 Å². The van der Waals surface area contributed by atoms with Gasteiger partial charge in [0.25, 0.3) is 5.91 Å². The second-order valence-corrected chi connectivity index (χ2v) is 5.36. The summed E-state index contributed by atoms with van der Waals surface area (Å²) in [6.07, 6.45) is 4.55. The fraction of sp³-hybridized carbons (Fsp3) is 0.294. The number of hydrogen-bond donors (Lipinski definition) is 2. The van der Waals surface area contributed by atoms with Gasteiger partial charge in [0.2, 0.25) is 0 Å². The molecule has 2 N–H and O–H groups in total. The zero-order chi connectivity index (χ0) is 14.7. The smallest absolute Gasteiger partial charge is 0.270 e. The minimum Gasteiger partial charge on any atom is -0.388 e. The number of hydrogen-bond acceptors (Lipinski definition) is 3. The average molecular weight is 281 g/mol. The molecule has 0 saturated heterocycles. The lowest BCUT2D eigenvalue weighted by molar-refractivity contribution is 0.0928. The maximum absolute atomic E-state index is 12.3. The first kappa shape index (κ1) is 13.6. The number of carbonyl (C=O) groups excluding carboxylic acids is 1. The Hall–Kier alpha value is -2.36. The van der Waals surface area contributed by atoms with Gasteiger partial charge >= 0.3 is 0 Å².